The summed E-state index contributed by atoms with van der Waals surface area (Å²) >= 11 is 6.12. The van der Waals surface area contributed by atoms with Gasteiger partial charge in [0.2, 0.25) is 11.6 Å². The Bertz CT molecular complexity index is 2460. The van der Waals surface area contributed by atoms with E-state index in [9.17, 15) is 29.4 Å². The number of rotatable bonds is 17. The first-order chi connectivity index (χ1) is 28.9. The van der Waals surface area contributed by atoms with Gasteiger partial charge in [-0.3, -0.25) is 41.1 Å². The minimum atomic E-state index is -3.98. The maximum Gasteiger partial charge on any atom is 0.327 e. The van der Waals surface area contributed by atoms with Crippen molar-refractivity contribution >= 4 is 55.0 Å². The van der Waals surface area contributed by atoms with E-state index in [1.807, 2.05) is 39.9 Å². The number of hydrogen-bond acceptors (Lipinski definition) is 16. The van der Waals surface area contributed by atoms with Gasteiger partial charge in [0.25, 0.3) is 11.1 Å². The molecule has 2 aliphatic heterocycles. The van der Waals surface area contributed by atoms with Gasteiger partial charge < -0.3 is 37.4 Å². The van der Waals surface area contributed by atoms with Crippen molar-refractivity contribution in [1.29, 1.82) is 5.26 Å². The number of nitriles is 1. The molecule has 0 amide bonds. The minimum Gasteiger partial charge on any atom is -0.408 e. The van der Waals surface area contributed by atoms with Crippen LogP contribution in [0.4, 0.5) is 0 Å². The molecule has 6 heterocycles. The Hall–Kier alpha value is -2.76. The first-order valence-corrected chi connectivity index (χ1v) is 29.8. The van der Waals surface area contributed by atoms with Gasteiger partial charge in [-0.05, 0) is 48.1 Å². The second-order valence-corrected chi connectivity index (χ2v) is 31.5. The quantitative estimate of drug-likeness (QED) is 0.0814. The van der Waals surface area contributed by atoms with Gasteiger partial charge in [-0.15, -0.1) is 0 Å². The summed E-state index contributed by atoms with van der Waals surface area (Å²) in [6.07, 6.45) is 0.341. The standard InChI is InChI=1S/C37H57N7O13P2SSi2/c1-36(2,3)61(7,8)56-29-25(53-32(30(29)54-58(48)49)43-17-12-26(46)41-19-15-39-34(41)43)23-51-59(60,50-21-11-14-38)55-28-24(22-45)52-33(31(28)57-62(9,10)37(4,5)6)44-18-13-27(47)42-20-16-40-35(42)44/h12-13,15-20,24-25,28-33,45,58H,11,21-23H2,1-10H3,(H,48,49)/t24-,25-,28-,29-,30-,31-,32-,33-,59?/m1/s1. The molecule has 2 saturated heterocycles. The highest BCUT2D eigenvalue weighted by Gasteiger charge is 2.55. The smallest absolute Gasteiger partial charge is 0.327 e. The molecule has 0 aromatic carbocycles. The highest BCUT2D eigenvalue weighted by atomic mass is 32.5. The molecular weight excluding hydrogens is 901 g/mol. The third-order valence-corrected chi connectivity index (χ3v) is 23.8. The van der Waals surface area contributed by atoms with Crippen LogP contribution in [0.25, 0.3) is 11.6 Å². The average Bonchev–Trinajstić information content (AvgIpc) is 3.98. The predicted octanol–water partition coefficient (Wildman–Crippen LogP) is 4.90. The van der Waals surface area contributed by atoms with E-state index < -0.39 is 87.3 Å². The highest BCUT2D eigenvalue weighted by molar-refractivity contribution is 8.07. The fourth-order valence-corrected chi connectivity index (χ4v) is 11.9. The number of aliphatic hydroxyl groups excluding tert-OH is 1. The van der Waals surface area contributed by atoms with Crippen LogP contribution >= 0.6 is 15.0 Å². The van der Waals surface area contributed by atoms with E-state index >= 15 is 0 Å². The zero-order valence-corrected chi connectivity index (χ0v) is 41.1. The first kappa shape index (κ1) is 48.7. The van der Waals surface area contributed by atoms with Crippen LogP contribution in [0.5, 0.6) is 0 Å². The summed E-state index contributed by atoms with van der Waals surface area (Å²) in [5.41, 5.74) is -0.664. The zero-order valence-electron chi connectivity index (χ0n) is 36.4. The van der Waals surface area contributed by atoms with Gasteiger partial charge >= 0.3 is 15.0 Å². The fraction of sp³-hybridized carbons (Fsp3) is 0.649. The van der Waals surface area contributed by atoms with Crippen LogP contribution in [0.3, 0.4) is 0 Å². The van der Waals surface area contributed by atoms with Crippen molar-refractivity contribution in [3.8, 4) is 6.07 Å². The van der Waals surface area contributed by atoms with Crippen molar-refractivity contribution in [3.63, 3.8) is 0 Å². The second-order valence-electron chi connectivity index (χ2n) is 18.2. The molecule has 25 heteroatoms. The molecule has 62 heavy (non-hydrogen) atoms. The largest absolute Gasteiger partial charge is 0.408 e. The highest BCUT2D eigenvalue weighted by Crippen LogP contribution is 2.56. The van der Waals surface area contributed by atoms with E-state index in [4.69, 9.17) is 48.2 Å². The van der Waals surface area contributed by atoms with E-state index in [0.29, 0.717) is 0 Å². The van der Waals surface area contributed by atoms with E-state index in [1.165, 1.54) is 56.5 Å². The van der Waals surface area contributed by atoms with Gasteiger partial charge in [-0.25, -0.2) is 9.97 Å². The zero-order chi connectivity index (χ0) is 45.6. The van der Waals surface area contributed by atoms with E-state index in [2.05, 4.69) is 43.8 Å². The van der Waals surface area contributed by atoms with Crippen molar-refractivity contribution in [2.45, 2.75) is 133 Å². The van der Waals surface area contributed by atoms with Crippen LogP contribution in [-0.4, -0.2) is 111 Å². The lowest BCUT2D eigenvalue weighted by Crippen LogP contribution is -2.50. The van der Waals surface area contributed by atoms with Gasteiger partial charge in [0.05, 0.1) is 32.3 Å². The van der Waals surface area contributed by atoms with E-state index in [1.54, 1.807) is 10.8 Å². The van der Waals surface area contributed by atoms with Crippen LogP contribution in [-0.2, 0) is 52.8 Å². The third-order valence-electron chi connectivity index (χ3n) is 12.1. The number of ether oxygens (including phenoxy) is 2. The van der Waals surface area contributed by atoms with E-state index in [0.717, 1.165) is 0 Å². The summed E-state index contributed by atoms with van der Waals surface area (Å²) in [6.45, 7) is 15.4. The lowest BCUT2D eigenvalue weighted by molar-refractivity contribution is -0.0550. The maximum atomic E-state index is 12.8. The summed E-state index contributed by atoms with van der Waals surface area (Å²) < 4.78 is 70.6. The monoisotopic (exact) mass is 957 g/mol. The van der Waals surface area contributed by atoms with Crippen LogP contribution in [0.1, 0.15) is 60.4 Å². The van der Waals surface area contributed by atoms with Gasteiger partial charge in [0.15, 0.2) is 29.1 Å². The summed E-state index contributed by atoms with van der Waals surface area (Å²) in [5, 5.41) is 19.7. The van der Waals surface area contributed by atoms with Crippen molar-refractivity contribution in [3.05, 3.63) is 70.0 Å². The molecule has 0 spiro atoms. The van der Waals surface area contributed by atoms with Gasteiger partial charge in [-0.1, -0.05) is 41.5 Å². The predicted molar refractivity (Wildman–Crippen MR) is 235 cm³/mol. The molecule has 0 saturated carbocycles. The third kappa shape index (κ3) is 10.0. The Labute approximate surface area is 367 Å². The van der Waals surface area contributed by atoms with Crippen LogP contribution in [0, 0.1) is 11.3 Å². The van der Waals surface area contributed by atoms with Crippen molar-refractivity contribution in [1.82, 2.24) is 27.9 Å². The molecule has 10 atom stereocenters. The Kier molecular flexibility index (Phi) is 14.6. The maximum absolute atomic E-state index is 12.8. The molecule has 0 bridgehead atoms. The van der Waals surface area contributed by atoms with Crippen LogP contribution < -0.4 is 11.1 Å². The Morgan fingerprint density at radius 3 is 1.81 bits per heavy atom. The molecule has 0 aliphatic carbocycles. The number of fused-ring (bicyclic) bond motifs is 2. The molecule has 342 valence electrons. The van der Waals surface area contributed by atoms with Crippen molar-refractivity contribution in [2.75, 3.05) is 19.8 Å². The van der Waals surface area contributed by atoms with Gasteiger partial charge in [0, 0.05) is 49.3 Å². The van der Waals surface area contributed by atoms with Crippen molar-refractivity contribution in [2.24, 2.45) is 0 Å². The number of nitrogens with zero attached hydrogens (tertiary/aromatic N) is 7. The SMILES string of the molecule is CC(C)(C)[Si](C)(C)O[C@@H]1[C@H](OP(=S)(OCCC#N)OC[C@H]2O[C@@H](n3ccc(=O)n4ccnc34)[C@H](O[PH](=O)O)[C@@H]2O[Si](C)(C)C(C)(C)C)[C@@H](CO)O[C@H]1n1ccc(=O)n2ccnc12. The van der Waals surface area contributed by atoms with Gasteiger partial charge in [-0.2, -0.15) is 5.26 Å². The number of aliphatic hydroxyl groups is 1. The molecule has 2 N–H and O–H groups in total. The molecule has 2 fully saturated rings. The molecule has 4 aromatic rings. The topological polar surface area (TPSA) is 234 Å². The lowest BCUT2D eigenvalue weighted by atomic mass is 10.1. The molecule has 2 aliphatic rings. The average molecular weight is 958 g/mol. The summed E-state index contributed by atoms with van der Waals surface area (Å²) in [5.74, 6) is 0.451. The minimum absolute atomic E-state index is 0.0655. The van der Waals surface area contributed by atoms with Crippen LogP contribution in [0.2, 0.25) is 36.3 Å². The Morgan fingerprint density at radius 2 is 1.32 bits per heavy atom. The molecule has 6 rings (SSSR count). The summed E-state index contributed by atoms with van der Waals surface area (Å²) in [4.78, 5) is 44.5. The number of imidazole rings is 2. The number of hydrogen-bond donors (Lipinski definition) is 2. The first-order valence-electron chi connectivity index (χ1n) is 20.1. The lowest BCUT2D eigenvalue weighted by Gasteiger charge is -2.41. The molecule has 0 radical (unpaired) electrons. The second kappa shape index (κ2) is 18.6. The Morgan fingerprint density at radius 1 is 0.823 bits per heavy atom. The van der Waals surface area contributed by atoms with Crippen LogP contribution in [0.15, 0.2) is 58.9 Å². The van der Waals surface area contributed by atoms with E-state index in [-0.39, 0.29) is 52.4 Å². The van der Waals surface area contributed by atoms with Gasteiger partial charge in [0.1, 0.15) is 36.6 Å². The fourth-order valence-electron chi connectivity index (χ4n) is 6.73. The molecule has 4 aromatic heterocycles. The normalized spacial score (nSPS) is 26.6. The molecule has 2 unspecified atom stereocenters. The number of aromatic nitrogens is 6. The van der Waals surface area contributed by atoms with Crippen molar-refractivity contribution < 1.29 is 51.0 Å². The molecular formula is C37H57N7O13P2SSi2. The summed E-state index contributed by atoms with van der Waals surface area (Å²) in [6, 6.07) is 4.72. The summed E-state index contributed by atoms with van der Waals surface area (Å²) in [7, 11) is -8.99. The Balaban J connectivity index is 1.40. The molecule has 20 nitrogen and oxygen atoms in total.